The van der Waals surface area contributed by atoms with E-state index in [1.54, 1.807) is 0 Å². The van der Waals surface area contributed by atoms with Crippen molar-refractivity contribution in [3.8, 4) is 5.75 Å². The van der Waals surface area contributed by atoms with Gasteiger partial charge in [0.1, 0.15) is 11.8 Å². The summed E-state index contributed by atoms with van der Waals surface area (Å²) >= 11 is 0. The van der Waals surface area contributed by atoms with Crippen LogP contribution >= 0.6 is 0 Å². The molecule has 1 aliphatic carbocycles. The summed E-state index contributed by atoms with van der Waals surface area (Å²) in [5.41, 5.74) is 2.21. The molecule has 1 aliphatic rings. The zero-order valence-corrected chi connectivity index (χ0v) is 17.6. The standard InChI is InChI=1S/C22H35NO3/c1-9-26-20(25)18(23(8)15-10-11-15)14-12-16(21(2,3)4)19(24)17(13-14)22(5,6)7/h12-13,15,18,24H,9-11H2,1-8H3. The van der Waals surface area contributed by atoms with Gasteiger partial charge in [0, 0.05) is 6.04 Å². The van der Waals surface area contributed by atoms with Gasteiger partial charge in [0.2, 0.25) is 0 Å². The molecule has 0 heterocycles. The molecule has 146 valence electrons. The first-order chi connectivity index (χ1) is 11.9. The molecule has 1 aromatic rings. The fourth-order valence-electron chi connectivity index (χ4n) is 3.41. The predicted molar refractivity (Wildman–Crippen MR) is 106 cm³/mol. The second-order valence-electron chi connectivity index (χ2n) is 9.52. The number of phenolic OH excluding ortho intramolecular Hbond substituents is 1. The first kappa shape index (κ1) is 20.8. The topological polar surface area (TPSA) is 49.8 Å². The summed E-state index contributed by atoms with van der Waals surface area (Å²) in [5.74, 6) is 0.123. The second-order valence-corrected chi connectivity index (χ2v) is 9.52. The number of aromatic hydroxyl groups is 1. The lowest BCUT2D eigenvalue weighted by Crippen LogP contribution is -2.34. The summed E-state index contributed by atoms with van der Waals surface area (Å²) in [6.45, 7) is 14.7. The van der Waals surface area contributed by atoms with Gasteiger partial charge in [-0.2, -0.15) is 0 Å². The van der Waals surface area contributed by atoms with Crippen molar-refractivity contribution >= 4 is 5.97 Å². The van der Waals surface area contributed by atoms with Gasteiger partial charge >= 0.3 is 5.97 Å². The van der Waals surface area contributed by atoms with Crippen molar-refractivity contribution in [2.45, 2.75) is 84.2 Å². The zero-order chi connectivity index (χ0) is 19.9. The molecule has 1 N–H and O–H groups in total. The van der Waals surface area contributed by atoms with Crippen LogP contribution in [0, 0.1) is 0 Å². The van der Waals surface area contributed by atoms with Crippen LogP contribution in [0.2, 0.25) is 0 Å². The lowest BCUT2D eigenvalue weighted by molar-refractivity contribution is -0.149. The number of ether oxygens (including phenoxy) is 1. The molecule has 1 fully saturated rings. The Morgan fingerprint density at radius 3 is 1.96 bits per heavy atom. The van der Waals surface area contributed by atoms with Gasteiger partial charge in [0.15, 0.2) is 0 Å². The van der Waals surface area contributed by atoms with Crippen LogP contribution in [0.3, 0.4) is 0 Å². The summed E-state index contributed by atoms with van der Waals surface area (Å²) < 4.78 is 5.40. The van der Waals surface area contributed by atoms with E-state index in [0.717, 1.165) is 29.5 Å². The molecule has 0 bridgehead atoms. The Morgan fingerprint density at radius 2 is 1.62 bits per heavy atom. The van der Waals surface area contributed by atoms with E-state index in [-0.39, 0.29) is 16.8 Å². The van der Waals surface area contributed by atoms with E-state index in [2.05, 4.69) is 46.4 Å². The average Bonchev–Trinajstić information content (AvgIpc) is 3.31. The number of likely N-dealkylation sites (N-methyl/N-ethyl adjacent to an activating group) is 1. The number of esters is 1. The van der Waals surface area contributed by atoms with E-state index in [1.165, 1.54) is 0 Å². The SMILES string of the molecule is CCOC(=O)C(c1cc(C(C)(C)C)c(O)c(C(C)(C)C)c1)N(C)C1CC1. The van der Waals surface area contributed by atoms with Gasteiger partial charge in [0.05, 0.1) is 6.61 Å². The fraction of sp³-hybridized carbons (Fsp3) is 0.682. The van der Waals surface area contributed by atoms with E-state index >= 15 is 0 Å². The van der Waals surface area contributed by atoms with Gasteiger partial charge < -0.3 is 9.84 Å². The van der Waals surface area contributed by atoms with Crippen LogP contribution in [0.15, 0.2) is 12.1 Å². The van der Waals surface area contributed by atoms with Crippen molar-refractivity contribution in [1.82, 2.24) is 4.90 Å². The Hall–Kier alpha value is -1.55. The minimum Gasteiger partial charge on any atom is -0.507 e. The van der Waals surface area contributed by atoms with Crippen LogP contribution in [-0.2, 0) is 20.4 Å². The van der Waals surface area contributed by atoms with Crippen LogP contribution < -0.4 is 0 Å². The molecule has 0 amide bonds. The molecule has 0 aliphatic heterocycles. The van der Waals surface area contributed by atoms with Crippen LogP contribution in [0.1, 0.15) is 84.0 Å². The maximum absolute atomic E-state index is 12.8. The molecule has 0 spiro atoms. The highest BCUT2D eigenvalue weighted by Crippen LogP contribution is 2.43. The quantitative estimate of drug-likeness (QED) is 0.773. The van der Waals surface area contributed by atoms with E-state index < -0.39 is 6.04 Å². The smallest absolute Gasteiger partial charge is 0.327 e. The molecule has 2 rings (SSSR count). The van der Waals surface area contributed by atoms with Crippen molar-refractivity contribution < 1.29 is 14.6 Å². The lowest BCUT2D eigenvalue weighted by Gasteiger charge is -2.32. The maximum Gasteiger partial charge on any atom is 0.327 e. The van der Waals surface area contributed by atoms with Gasteiger partial charge in [-0.15, -0.1) is 0 Å². The van der Waals surface area contributed by atoms with Gasteiger partial charge in [0.25, 0.3) is 0 Å². The summed E-state index contributed by atoms with van der Waals surface area (Å²) in [7, 11) is 2.00. The predicted octanol–water partition coefficient (Wildman–Crippen LogP) is 4.69. The second kappa shape index (κ2) is 7.22. The minimum absolute atomic E-state index is 0.215. The number of hydrogen-bond donors (Lipinski definition) is 1. The van der Waals surface area contributed by atoms with Crippen molar-refractivity contribution in [3.05, 3.63) is 28.8 Å². The van der Waals surface area contributed by atoms with Crippen LogP contribution in [0.4, 0.5) is 0 Å². The Bertz CT molecular complexity index is 628. The average molecular weight is 362 g/mol. The summed E-state index contributed by atoms with van der Waals surface area (Å²) in [5, 5.41) is 10.9. The molecular weight excluding hydrogens is 326 g/mol. The van der Waals surface area contributed by atoms with Crippen molar-refractivity contribution in [3.63, 3.8) is 0 Å². The van der Waals surface area contributed by atoms with E-state index in [0.29, 0.717) is 18.4 Å². The fourth-order valence-corrected chi connectivity index (χ4v) is 3.41. The first-order valence-corrected chi connectivity index (χ1v) is 9.64. The Morgan fingerprint density at radius 1 is 1.15 bits per heavy atom. The molecule has 4 heteroatoms. The normalized spacial score (nSPS) is 16.7. The summed E-state index contributed by atoms with van der Waals surface area (Å²) in [6.07, 6.45) is 2.23. The number of nitrogens with zero attached hydrogens (tertiary/aromatic N) is 1. The third kappa shape index (κ3) is 4.40. The number of phenols is 1. The molecule has 26 heavy (non-hydrogen) atoms. The Kier molecular flexibility index (Phi) is 5.77. The summed E-state index contributed by atoms with van der Waals surface area (Å²) in [6, 6.07) is 3.97. The molecule has 0 aromatic heterocycles. The zero-order valence-electron chi connectivity index (χ0n) is 17.6. The van der Waals surface area contributed by atoms with Crippen LogP contribution in [-0.4, -0.2) is 35.7 Å². The molecule has 1 unspecified atom stereocenters. The van der Waals surface area contributed by atoms with Crippen molar-refractivity contribution in [1.29, 1.82) is 0 Å². The molecule has 1 saturated carbocycles. The number of rotatable bonds is 5. The van der Waals surface area contributed by atoms with Gasteiger partial charge in [-0.05, 0) is 66.5 Å². The third-order valence-corrected chi connectivity index (χ3v) is 5.10. The largest absolute Gasteiger partial charge is 0.507 e. The van der Waals surface area contributed by atoms with Gasteiger partial charge in [-0.25, -0.2) is 4.79 Å². The number of carbonyl (C=O) groups excluding carboxylic acids is 1. The Balaban J connectivity index is 2.65. The minimum atomic E-state index is -0.440. The third-order valence-electron chi connectivity index (χ3n) is 5.10. The highest BCUT2D eigenvalue weighted by atomic mass is 16.5. The highest BCUT2D eigenvalue weighted by Gasteiger charge is 2.38. The van der Waals surface area contributed by atoms with Crippen molar-refractivity contribution in [2.24, 2.45) is 0 Å². The van der Waals surface area contributed by atoms with Crippen molar-refractivity contribution in [2.75, 3.05) is 13.7 Å². The lowest BCUT2D eigenvalue weighted by atomic mass is 9.77. The maximum atomic E-state index is 12.8. The molecule has 4 nitrogen and oxygen atoms in total. The molecular formula is C22H35NO3. The summed E-state index contributed by atoms with van der Waals surface area (Å²) in [4.78, 5) is 14.9. The molecule has 0 radical (unpaired) electrons. The molecule has 1 atom stereocenters. The number of benzene rings is 1. The molecule has 1 aromatic carbocycles. The van der Waals surface area contributed by atoms with E-state index in [1.807, 2.05) is 26.1 Å². The van der Waals surface area contributed by atoms with Crippen LogP contribution in [0.25, 0.3) is 0 Å². The number of carbonyl (C=O) groups is 1. The van der Waals surface area contributed by atoms with Gasteiger partial charge in [-0.1, -0.05) is 41.5 Å². The van der Waals surface area contributed by atoms with Gasteiger partial charge in [-0.3, -0.25) is 4.90 Å². The highest BCUT2D eigenvalue weighted by molar-refractivity contribution is 5.78. The molecule has 0 saturated heterocycles. The van der Waals surface area contributed by atoms with E-state index in [9.17, 15) is 9.90 Å². The first-order valence-electron chi connectivity index (χ1n) is 9.64. The number of hydrogen-bond acceptors (Lipinski definition) is 4. The Labute approximate surface area is 158 Å². The van der Waals surface area contributed by atoms with E-state index in [4.69, 9.17) is 4.74 Å². The van der Waals surface area contributed by atoms with Crippen LogP contribution in [0.5, 0.6) is 5.75 Å². The monoisotopic (exact) mass is 361 g/mol.